The molecule has 0 saturated heterocycles. The second kappa shape index (κ2) is 6.04. The molecule has 1 heterocycles. The van der Waals surface area contributed by atoms with Gasteiger partial charge in [-0.25, -0.2) is 0 Å². The monoisotopic (exact) mass is 221 g/mol. The van der Waals surface area contributed by atoms with Crippen LogP contribution in [0.3, 0.4) is 0 Å². The number of nitrogens with zero attached hydrogens (tertiary/aromatic N) is 2. The Kier molecular flexibility index (Phi) is 4.40. The molecule has 0 bridgehead atoms. The highest BCUT2D eigenvalue weighted by Gasteiger charge is 2.24. The fourth-order valence-corrected chi connectivity index (χ4v) is 2.65. The number of hydrogen-bond donors (Lipinski definition) is 1. The van der Waals surface area contributed by atoms with Crippen LogP contribution in [0, 0.1) is 0 Å². The summed E-state index contributed by atoms with van der Waals surface area (Å²) in [6.45, 7) is 3.36. The van der Waals surface area contributed by atoms with Crippen LogP contribution >= 0.6 is 0 Å². The largest absolute Gasteiger partial charge is 0.312 e. The van der Waals surface area contributed by atoms with E-state index in [9.17, 15) is 0 Å². The fraction of sp³-hybridized carbons (Fsp3) is 0.769. The lowest BCUT2D eigenvalue weighted by Crippen LogP contribution is -2.37. The van der Waals surface area contributed by atoms with Crippen LogP contribution in [0.4, 0.5) is 0 Å². The van der Waals surface area contributed by atoms with E-state index in [1.165, 1.54) is 38.5 Å². The molecule has 16 heavy (non-hydrogen) atoms. The van der Waals surface area contributed by atoms with Crippen molar-refractivity contribution in [2.24, 2.45) is 0 Å². The van der Waals surface area contributed by atoms with Crippen LogP contribution in [0.5, 0.6) is 0 Å². The van der Waals surface area contributed by atoms with Crippen molar-refractivity contribution < 1.29 is 0 Å². The molecule has 0 aliphatic heterocycles. The molecule has 1 aromatic heterocycles. The lowest BCUT2D eigenvalue weighted by molar-refractivity contribution is 0.309. The van der Waals surface area contributed by atoms with Crippen LogP contribution in [0.1, 0.15) is 51.5 Å². The SMILES string of the molecule is CCCNC1CCCCCC1n1cccn1. The van der Waals surface area contributed by atoms with E-state index in [-0.39, 0.29) is 0 Å². The molecule has 1 fully saturated rings. The Balaban J connectivity index is 2.04. The van der Waals surface area contributed by atoms with Crippen molar-refractivity contribution in [2.45, 2.75) is 57.5 Å². The van der Waals surface area contributed by atoms with E-state index in [0.717, 1.165) is 6.54 Å². The van der Waals surface area contributed by atoms with Gasteiger partial charge in [-0.1, -0.05) is 26.2 Å². The van der Waals surface area contributed by atoms with Gasteiger partial charge in [-0.3, -0.25) is 4.68 Å². The number of rotatable bonds is 4. The molecular weight excluding hydrogens is 198 g/mol. The Bertz CT molecular complexity index is 281. The van der Waals surface area contributed by atoms with Gasteiger partial charge in [0.05, 0.1) is 6.04 Å². The van der Waals surface area contributed by atoms with Crippen LogP contribution < -0.4 is 5.32 Å². The molecule has 0 radical (unpaired) electrons. The van der Waals surface area contributed by atoms with Gasteiger partial charge in [-0.15, -0.1) is 0 Å². The third-order valence-corrected chi connectivity index (χ3v) is 3.50. The van der Waals surface area contributed by atoms with E-state index in [2.05, 4.69) is 28.2 Å². The first-order chi connectivity index (χ1) is 7.92. The molecule has 1 saturated carbocycles. The van der Waals surface area contributed by atoms with E-state index in [4.69, 9.17) is 0 Å². The Morgan fingerprint density at radius 1 is 1.31 bits per heavy atom. The molecule has 2 atom stereocenters. The summed E-state index contributed by atoms with van der Waals surface area (Å²) in [5.74, 6) is 0. The maximum Gasteiger partial charge on any atom is 0.0672 e. The van der Waals surface area contributed by atoms with Gasteiger partial charge < -0.3 is 5.32 Å². The normalized spacial score (nSPS) is 26.6. The zero-order valence-electron chi connectivity index (χ0n) is 10.2. The Morgan fingerprint density at radius 3 is 2.94 bits per heavy atom. The van der Waals surface area contributed by atoms with Gasteiger partial charge in [-0.2, -0.15) is 5.10 Å². The molecule has 3 nitrogen and oxygen atoms in total. The van der Waals surface area contributed by atoms with Crippen molar-refractivity contribution in [2.75, 3.05) is 6.54 Å². The van der Waals surface area contributed by atoms with Gasteiger partial charge in [0.1, 0.15) is 0 Å². The highest BCUT2D eigenvalue weighted by molar-refractivity contribution is 4.88. The van der Waals surface area contributed by atoms with Gasteiger partial charge in [0.15, 0.2) is 0 Å². The quantitative estimate of drug-likeness (QED) is 0.792. The third kappa shape index (κ3) is 2.85. The first kappa shape index (κ1) is 11.6. The summed E-state index contributed by atoms with van der Waals surface area (Å²) in [5.41, 5.74) is 0. The van der Waals surface area contributed by atoms with Crippen molar-refractivity contribution in [1.82, 2.24) is 15.1 Å². The van der Waals surface area contributed by atoms with Gasteiger partial charge >= 0.3 is 0 Å². The molecule has 0 amide bonds. The van der Waals surface area contributed by atoms with Crippen molar-refractivity contribution in [3.8, 4) is 0 Å². The Labute approximate surface area is 98.2 Å². The topological polar surface area (TPSA) is 29.9 Å². The number of nitrogens with one attached hydrogen (secondary N) is 1. The molecule has 0 aromatic carbocycles. The second-order valence-electron chi connectivity index (χ2n) is 4.75. The summed E-state index contributed by atoms with van der Waals surface area (Å²) in [7, 11) is 0. The standard InChI is InChI=1S/C13H23N3/c1-2-9-14-12-7-4-3-5-8-13(12)16-11-6-10-15-16/h6,10-14H,2-5,7-9H2,1H3. The average Bonchev–Trinajstić information content (AvgIpc) is 2.73. The molecule has 1 N–H and O–H groups in total. The van der Waals surface area contributed by atoms with Crippen molar-refractivity contribution in [3.63, 3.8) is 0 Å². The molecule has 1 aliphatic carbocycles. The molecule has 3 heteroatoms. The summed E-state index contributed by atoms with van der Waals surface area (Å²) in [4.78, 5) is 0. The minimum absolute atomic E-state index is 0.559. The van der Waals surface area contributed by atoms with E-state index < -0.39 is 0 Å². The summed E-state index contributed by atoms with van der Waals surface area (Å²) in [5, 5.41) is 8.11. The maximum atomic E-state index is 4.42. The van der Waals surface area contributed by atoms with Gasteiger partial charge in [0.25, 0.3) is 0 Å². The Hall–Kier alpha value is -0.830. The molecule has 2 unspecified atom stereocenters. The smallest absolute Gasteiger partial charge is 0.0672 e. The zero-order chi connectivity index (χ0) is 11.2. The molecular formula is C13H23N3. The van der Waals surface area contributed by atoms with Gasteiger partial charge in [0.2, 0.25) is 0 Å². The highest BCUT2D eigenvalue weighted by Crippen LogP contribution is 2.26. The lowest BCUT2D eigenvalue weighted by atomic mass is 10.0. The lowest BCUT2D eigenvalue weighted by Gasteiger charge is -2.26. The zero-order valence-corrected chi connectivity index (χ0v) is 10.2. The minimum atomic E-state index is 0.559. The van der Waals surface area contributed by atoms with E-state index >= 15 is 0 Å². The second-order valence-corrected chi connectivity index (χ2v) is 4.75. The van der Waals surface area contributed by atoms with E-state index in [1.54, 1.807) is 0 Å². The highest BCUT2D eigenvalue weighted by atomic mass is 15.3. The fourth-order valence-electron chi connectivity index (χ4n) is 2.65. The summed E-state index contributed by atoms with van der Waals surface area (Å²) < 4.78 is 2.15. The first-order valence-corrected chi connectivity index (χ1v) is 6.64. The van der Waals surface area contributed by atoms with Crippen molar-refractivity contribution >= 4 is 0 Å². The predicted molar refractivity (Wildman–Crippen MR) is 66.4 cm³/mol. The van der Waals surface area contributed by atoms with Crippen LogP contribution in [-0.4, -0.2) is 22.4 Å². The summed E-state index contributed by atoms with van der Waals surface area (Å²) >= 11 is 0. The van der Waals surface area contributed by atoms with Crippen LogP contribution in [0.25, 0.3) is 0 Å². The van der Waals surface area contributed by atoms with Crippen molar-refractivity contribution in [1.29, 1.82) is 0 Å². The van der Waals surface area contributed by atoms with Crippen molar-refractivity contribution in [3.05, 3.63) is 18.5 Å². The van der Waals surface area contributed by atoms with Gasteiger partial charge in [-0.05, 0) is 31.9 Å². The first-order valence-electron chi connectivity index (χ1n) is 6.64. The summed E-state index contributed by atoms with van der Waals surface area (Å²) in [6.07, 6.45) is 11.9. The summed E-state index contributed by atoms with van der Waals surface area (Å²) in [6, 6.07) is 3.20. The van der Waals surface area contributed by atoms with Crippen LogP contribution in [0.15, 0.2) is 18.5 Å². The number of aromatic nitrogens is 2. The molecule has 90 valence electrons. The maximum absolute atomic E-state index is 4.42. The molecule has 2 rings (SSSR count). The minimum Gasteiger partial charge on any atom is -0.312 e. The van der Waals surface area contributed by atoms with E-state index in [1.807, 2.05) is 12.3 Å². The van der Waals surface area contributed by atoms with Gasteiger partial charge in [0, 0.05) is 18.4 Å². The average molecular weight is 221 g/mol. The third-order valence-electron chi connectivity index (χ3n) is 3.50. The number of hydrogen-bond acceptors (Lipinski definition) is 2. The molecule has 1 aliphatic rings. The molecule has 1 aromatic rings. The van der Waals surface area contributed by atoms with E-state index in [0.29, 0.717) is 12.1 Å². The Morgan fingerprint density at radius 2 is 2.19 bits per heavy atom. The molecule has 0 spiro atoms. The van der Waals surface area contributed by atoms with Crippen LogP contribution in [-0.2, 0) is 0 Å². The van der Waals surface area contributed by atoms with Crippen LogP contribution in [0.2, 0.25) is 0 Å². The predicted octanol–water partition coefficient (Wildman–Crippen LogP) is 2.76.